The van der Waals surface area contributed by atoms with Crippen LogP contribution in [0.15, 0.2) is 48.6 Å². The highest BCUT2D eigenvalue weighted by Crippen LogP contribution is 2.26. The Hall–Kier alpha value is -3.32. The fourth-order valence-corrected chi connectivity index (χ4v) is 8.89. The molecule has 1 aliphatic heterocycles. The van der Waals surface area contributed by atoms with Gasteiger partial charge in [-0.25, -0.2) is 4.79 Å². The Morgan fingerprint density at radius 2 is 0.863 bits per heavy atom. The number of hydrogen-bond donors (Lipinski definition) is 3. The first-order valence-electron chi connectivity index (χ1n) is 29.6. The molecule has 0 saturated carbocycles. The molecule has 0 bridgehead atoms. The molecule has 6 atom stereocenters. The van der Waals surface area contributed by atoms with Gasteiger partial charge in [-0.3, -0.25) is 14.4 Å². The molecule has 3 N–H and O–H groups in total. The summed E-state index contributed by atoms with van der Waals surface area (Å²) in [4.78, 5) is 51.1. The van der Waals surface area contributed by atoms with E-state index in [0.717, 1.165) is 83.5 Å². The SMILES string of the molecule is CC/C=C\C/C=C\C/C=C\C/C=C\CCCCC(=O)OCC(COC1OC(C(=O)O)C(O)C(O)C1OC(=O)CCCCCCCCCCCCCCC)OC(=O)CCCCCCCCCCCCCCCCC. The first-order chi connectivity index (χ1) is 35.6. The van der Waals surface area contributed by atoms with Crippen LogP contribution in [0.4, 0.5) is 0 Å². The summed E-state index contributed by atoms with van der Waals surface area (Å²) >= 11 is 0. The number of allylic oxidation sites excluding steroid dienone is 8. The zero-order valence-corrected chi connectivity index (χ0v) is 46.4. The number of rotatable bonds is 50. The van der Waals surface area contributed by atoms with Gasteiger partial charge in [-0.1, -0.05) is 236 Å². The predicted octanol–water partition coefficient (Wildman–Crippen LogP) is 15.0. The van der Waals surface area contributed by atoms with Crippen molar-refractivity contribution in [2.75, 3.05) is 13.2 Å². The van der Waals surface area contributed by atoms with Crippen molar-refractivity contribution in [3.8, 4) is 0 Å². The zero-order chi connectivity index (χ0) is 53.3. The van der Waals surface area contributed by atoms with Gasteiger partial charge < -0.3 is 39.0 Å². The summed E-state index contributed by atoms with van der Waals surface area (Å²) in [7, 11) is 0. The van der Waals surface area contributed by atoms with Gasteiger partial charge in [-0.2, -0.15) is 0 Å². The van der Waals surface area contributed by atoms with Crippen LogP contribution in [0.5, 0.6) is 0 Å². The molecule has 1 aliphatic rings. The van der Waals surface area contributed by atoms with Gasteiger partial charge in [-0.15, -0.1) is 0 Å². The summed E-state index contributed by atoms with van der Waals surface area (Å²) in [6.07, 6.45) is 46.6. The van der Waals surface area contributed by atoms with E-state index < -0.39 is 67.3 Å². The fourth-order valence-electron chi connectivity index (χ4n) is 8.89. The van der Waals surface area contributed by atoms with E-state index in [1.54, 1.807) is 0 Å². The van der Waals surface area contributed by atoms with Crippen LogP contribution in [0.1, 0.15) is 265 Å². The summed E-state index contributed by atoms with van der Waals surface area (Å²) in [6.45, 7) is 5.86. The van der Waals surface area contributed by atoms with Gasteiger partial charge in [0.2, 0.25) is 0 Å². The smallest absolute Gasteiger partial charge is 0.335 e. The maximum absolute atomic E-state index is 13.1. The van der Waals surface area contributed by atoms with Gasteiger partial charge in [0.1, 0.15) is 18.8 Å². The molecule has 73 heavy (non-hydrogen) atoms. The molecule has 0 aromatic carbocycles. The lowest BCUT2D eigenvalue weighted by molar-refractivity contribution is -0.301. The lowest BCUT2D eigenvalue weighted by Crippen LogP contribution is -2.61. The number of aliphatic hydroxyl groups excluding tert-OH is 2. The molecule has 0 aliphatic carbocycles. The number of ether oxygens (including phenoxy) is 5. The van der Waals surface area contributed by atoms with E-state index in [4.69, 9.17) is 23.7 Å². The first kappa shape index (κ1) is 67.7. The molecule has 1 saturated heterocycles. The van der Waals surface area contributed by atoms with Gasteiger partial charge in [0.05, 0.1) is 6.61 Å². The number of unbranched alkanes of at least 4 members (excludes halogenated alkanes) is 28. The average Bonchev–Trinajstić information content (AvgIpc) is 3.37. The van der Waals surface area contributed by atoms with Crippen LogP contribution in [-0.4, -0.2) is 89.2 Å². The van der Waals surface area contributed by atoms with Crippen molar-refractivity contribution in [1.29, 1.82) is 0 Å². The summed E-state index contributed by atoms with van der Waals surface area (Å²) in [5, 5.41) is 31.5. The van der Waals surface area contributed by atoms with Crippen molar-refractivity contribution in [2.45, 2.75) is 302 Å². The van der Waals surface area contributed by atoms with E-state index in [9.17, 15) is 34.5 Å². The van der Waals surface area contributed by atoms with Crippen molar-refractivity contribution in [2.24, 2.45) is 0 Å². The van der Waals surface area contributed by atoms with Crippen LogP contribution < -0.4 is 0 Å². The Morgan fingerprint density at radius 1 is 0.466 bits per heavy atom. The molecule has 1 rings (SSSR count). The average molecular weight is 1030 g/mol. The number of aliphatic hydroxyl groups is 2. The number of carbonyl (C=O) groups excluding carboxylic acids is 3. The summed E-state index contributed by atoms with van der Waals surface area (Å²) < 4.78 is 28.4. The molecule has 0 amide bonds. The second-order valence-electron chi connectivity index (χ2n) is 20.3. The van der Waals surface area contributed by atoms with Gasteiger partial charge in [0.15, 0.2) is 24.6 Å². The van der Waals surface area contributed by atoms with Crippen LogP contribution in [0, 0.1) is 0 Å². The zero-order valence-electron chi connectivity index (χ0n) is 46.4. The van der Waals surface area contributed by atoms with Crippen molar-refractivity contribution in [3.63, 3.8) is 0 Å². The Kier molecular flexibility index (Phi) is 45.9. The molecule has 0 radical (unpaired) electrons. The molecule has 12 heteroatoms. The van der Waals surface area contributed by atoms with Gasteiger partial charge in [-0.05, 0) is 57.8 Å². The molecular weight excluding hydrogens is 925 g/mol. The fraction of sp³-hybridized carbons (Fsp3) is 0.803. The Balaban J connectivity index is 2.71. The predicted molar refractivity (Wildman–Crippen MR) is 294 cm³/mol. The van der Waals surface area contributed by atoms with E-state index in [1.807, 2.05) is 0 Å². The Labute approximate surface area is 443 Å². The van der Waals surface area contributed by atoms with Crippen molar-refractivity contribution >= 4 is 23.9 Å². The topological polar surface area (TPSA) is 175 Å². The van der Waals surface area contributed by atoms with Gasteiger partial charge >= 0.3 is 23.9 Å². The lowest BCUT2D eigenvalue weighted by Gasteiger charge is -2.40. The molecule has 1 fully saturated rings. The summed E-state index contributed by atoms with van der Waals surface area (Å²) in [6, 6.07) is 0. The van der Waals surface area contributed by atoms with Gasteiger partial charge in [0, 0.05) is 19.3 Å². The van der Waals surface area contributed by atoms with Crippen LogP contribution in [0.3, 0.4) is 0 Å². The normalized spacial score (nSPS) is 18.6. The number of esters is 3. The van der Waals surface area contributed by atoms with Crippen molar-refractivity contribution in [1.82, 2.24) is 0 Å². The van der Waals surface area contributed by atoms with E-state index >= 15 is 0 Å². The van der Waals surface area contributed by atoms with E-state index in [-0.39, 0.29) is 25.9 Å². The van der Waals surface area contributed by atoms with Crippen molar-refractivity contribution in [3.05, 3.63) is 48.6 Å². The van der Waals surface area contributed by atoms with E-state index in [0.29, 0.717) is 19.3 Å². The molecule has 0 aromatic heterocycles. The number of carbonyl (C=O) groups is 4. The second-order valence-corrected chi connectivity index (χ2v) is 20.3. The van der Waals surface area contributed by atoms with Crippen LogP contribution in [0.2, 0.25) is 0 Å². The number of aliphatic carboxylic acids is 1. The highest BCUT2D eigenvalue weighted by molar-refractivity contribution is 5.74. The molecule has 1 heterocycles. The maximum atomic E-state index is 13.1. The molecule has 6 unspecified atom stereocenters. The number of carboxylic acids is 1. The second kappa shape index (κ2) is 49.6. The molecule has 0 aromatic rings. The summed E-state index contributed by atoms with van der Waals surface area (Å²) in [5.41, 5.74) is 0. The molecule has 12 nitrogen and oxygen atoms in total. The standard InChI is InChI=1S/C61H106O12/c1-4-7-10-13-16-19-22-25-27-30-32-35-38-41-44-47-53(62)69-50-52(71-54(63)48-45-42-39-36-34-31-28-26-23-20-17-14-11-8-5-2)51-70-61-59(57(66)56(65)58(73-61)60(67)68)72-55(64)49-46-43-40-37-33-29-24-21-18-15-12-9-6-3/h7,10,16,19,25,27,32,35,52,56-59,61,65-66H,4-6,8-9,11-15,17-18,20-24,26,28-31,33-34,36-51H2,1-3H3,(H,67,68)/b10-7-,19-16-,27-25-,35-32-. The largest absolute Gasteiger partial charge is 0.479 e. The minimum Gasteiger partial charge on any atom is -0.479 e. The van der Waals surface area contributed by atoms with Crippen LogP contribution in [-0.2, 0) is 42.9 Å². The molecular formula is C61H106O12. The van der Waals surface area contributed by atoms with Crippen LogP contribution >= 0.6 is 0 Å². The van der Waals surface area contributed by atoms with Crippen LogP contribution in [0.25, 0.3) is 0 Å². The van der Waals surface area contributed by atoms with E-state index in [1.165, 1.54) is 122 Å². The third-order valence-electron chi connectivity index (χ3n) is 13.4. The minimum absolute atomic E-state index is 0.0606. The third-order valence-corrected chi connectivity index (χ3v) is 13.4. The minimum atomic E-state index is -1.90. The Bertz CT molecular complexity index is 1460. The third kappa shape index (κ3) is 39.7. The number of hydrogen-bond acceptors (Lipinski definition) is 11. The summed E-state index contributed by atoms with van der Waals surface area (Å²) in [5.74, 6) is -3.15. The first-order valence-corrected chi connectivity index (χ1v) is 29.6. The van der Waals surface area contributed by atoms with Crippen molar-refractivity contribution < 1.29 is 58.2 Å². The molecule has 422 valence electrons. The van der Waals surface area contributed by atoms with Gasteiger partial charge in [0.25, 0.3) is 0 Å². The maximum Gasteiger partial charge on any atom is 0.335 e. The monoisotopic (exact) mass is 1030 g/mol. The van der Waals surface area contributed by atoms with E-state index in [2.05, 4.69) is 69.4 Å². The number of carboxylic acid groups (broad SMARTS) is 1. The molecule has 0 spiro atoms. The lowest BCUT2D eigenvalue weighted by atomic mass is 9.98. The Morgan fingerprint density at radius 3 is 1.32 bits per heavy atom. The highest BCUT2D eigenvalue weighted by Gasteiger charge is 2.50. The quantitative estimate of drug-likeness (QED) is 0.0228. The highest BCUT2D eigenvalue weighted by atomic mass is 16.7.